The van der Waals surface area contributed by atoms with Gasteiger partial charge in [0.1, 0.15) is 12.3 Å². The van der Waals surface area contributed by atoms with Gasteiger partial charge < -0.3 is 20.4 Å². The number of anilines is 2. The molecule has 0 fully saturated rings. The highest BCUT2D eigenvalue weighted by Gasteiger charge is 2.29. The van der Waals surface area contributed by atoms with Crippen molar-refractivity contribution in [2.75, 3.05) is 30.7 Å². The lowest BCUT2D eigenvalue weighted by Crippen LogP contribution is -2.18. The van der Waals surface area contributed by atoms with Gasteiger partial charge in [0.15, 0.2) is 9.84 Å². The fourth-order valence-corrected chi connectivity index (χ4v) is 3.73. The first-order valence-corrected chi connectivity index (χ1v) is 11.1. The molecule has 0 spiro atoms. The van der Waals surface area contributed by atoms with Crippen LogP contribution in [0.25, 0.3) is 10.9 Å². The van der Waals surface area contributed by atoms with E-state index in [-0.39, 0.29) is 28.6 Å². The smallest absolute Gasteiger partial charge is 0.406 e. The van der Waals surface area contributed by atoms with Crippen molar-refractivity contribution in [3.63, 3.8) is 0 Å². The Morgan fingerprint density at radius 1 is 1.19 bits per heavy atom. The first-order chi connectivity index (χ1) is 15.0. The summed E-state index contributed by atoms with van der Waals surface area (Å²) in [7, 11) is -3.52. The van der Waals surface area contributed by atoms with Crippen molar-refractivity contribution in [3.05, 3.63) is 48.2 Å². The summed E-state index contributed by atoms with van der Waals surface area (Å²) in [5, 5.41) is 3.31. The number of ether oxygens (including phenoxy) is 1. The minimum absolute atomic E-state index is 0.0239. The van der Waals surface area contributed by atoms with Crippen LogP contribution < -0.4 is 15.8 Å². The van der Waals surface area contributed by atoms with Crippen LogP contribution in [0.3, 0.4) is 0 Å². The Morgan fingerprint density at radius 2 is 1.94 bits per heavy atom. The van der Waals surface area contributed by atoms with E-state index in [2.05, 4.69) is 17.2 Å². The first-order valence-electron chi connectivity index (χ1n) is 9.19. The van der Waals surface area contributed by atoms with E-state index in [1.807, 2.05) is 0 Å². The predicted octanol–water partition coefficient (Wildman–Crippen LogP) is 3.96. The summed E-state index contributed by atoms with van der Waals surface area (Å²) < 4.78 is 81.1. The molecular formula is C21H19F4N3O3S. The van der Waals surface area contributed by atoms with Gasteiger partial charge in [0.25, 0.3) is 0 Å². The van der Waals surface area contributed by atoms with Crippen LogP contribution in [0.4, 0.5) is 28.9 Å². The number of nitrogens with one attached hydrogen (secondary N) is 1. The molecule has 1 aromatic heterocycles. The second-order valence-corrected chi connectivity index (χ2v) is 8.87. The van der Waals surface area contributed by atoms with Gasteiger partial charge in [-0.15, -0.1) is 0 Å². The van der Waals surface area contributed by atoms with E-state index >= 15 is 0 Å². The van der Waals surface area contributed by atoms with Crippen molar-refractivity contribution < 1.29 is 30.7 Å². The van der Waals surface area contributed by atoms with E-state index in [4.69, 9.17) is 10.5 Å². The van der Waals surface area contributed by atoms with E-state index in [9.17, 15) is 26.0 Å². The Morgan fingerprint density at radius 3 is 2.59 bits per heavy atom. The number of nitrogens with zero attached hydrogens (tertiary/aromatic N) is 1. The Bertz CT molecular complexity index is 1310. The van der Waals surface area contributed by atoms with Crippen LogP contribution in [0.15, 0.2) is 47.4 Å². The van der Waals surface area contributed by atoms with Gasteiger partial charge in [-0.05, 0) is 36.3 Å². The van der Waals surface area contributed by atoms with Gasteiger partial charge in [-0.25, -0.2) is 12.8 Å². The lowest BCUT2D eigenvalue weighted by atomic mass is 10.2. The van der Waals surface area contributed by atoms with Gasteiger partial charge in [-0.3, -0.25) is 0 Å². The molecule has 3 aromatic rings. The number of alkyl halides is 4. The van der Waals surface area contributed by atoms with Crippen LogP contribution >= 0.6 is 0 Å². The number of fused-ring (bicyclic) bond motifs is 1. The summed E-state index contributed by atoms with van der Waals surface area (Å²) in [5.41, 5.74) is 6.94. The van der Waals surface area contributed by atoms with Gasteiger partial charge >= 0.3 is 6.18 Å². The van der Waals surface area contributed by atoms with Crippen LogP contribution in [0.2, 0.25) is 0 Å². The average molecular weight is 469 g/mol. The summed E-state index contributed by atoms with van der Waals surface area (Å²) in [5.74, 6) is 5.38. The molecule has 0 aliphatic heterocycles. The molecule has 0 bridgehead atoms. The van der Waals surface area contributed by atoms with Crippen molar-refractivity contribution in [1.82, 2.24) is 4.57 Å². The van der Waals surface area contributed by atoms with Gasteiger partial charge in [0.2, 0.25) is 6.86 Å². The van der Waals surface area contributed by atoms with Crippen LogP contribution in [-0.2, 0) is 16.4 Å². The van der Waals surface area contributed by atoms with Crippen LogP contribution in [0.1, 0.15) is 5.69 Å². The predicted molar refractivity (Wildman–Crippen MR) is 114 cm³/mol. The van der Waals surface area contributed by atoms with E-state index in [0.29, 0.717) is 16.6 Å². The second kappa shape index (κ2) is 9.00. The van der Waals surface area contributed by atoms with Gasteiger partial charge in [0, 0.05) is 23.4 Å². The number of hydrogen-bond donors (Lipinski definition) is 2. The van der Waals surface area contributed by atoms with E-state index < -0.39 is 29.4 Å². The van der Waals surface area contributed by atoms with Crippen molar-refractivity contribution in [2.24, 2.45) is 0 Å². The van der Waals surface area contributed by atoms with Crippen LogP contribution in [0.5, 0.6) is 5.75 Å². The number of aromatic nitrogens is 1. The van der Waals surface area contributed by atoms with Crippen molar-refractivity contribution in [3.8, 4) is 17.6 Å². The maximum atomic E-state index is 13.1. The van der Waals surface area contributed by atoms with Gasteiger partial charge in [-0.1, -0.05) is 12.0 Å². The molecule has 1 heterocycles. The number of halogens is 4. The van der Waals surface area contributed by atoms with Crippen molar-refractivity contribution in [1.29, 1.82) is 0 Å². The highest BCUT2D eigenvalue weighted by Crippen LogP contribution is 2.29. The van der Waals surface area contributed by atoms with Gasteiger partial charge in [0.05, 0.1) is 28.3 Å². The number of rotatable bonds is 6. The summed E-state index contributed by atoms with van der Waals surface area (Å²) in [6.07, 6.45) is -3.45. The Balaban J connectivity index is 1.87. The molecule has 0 amide bonds. The molecule has 3 rings (SSSR count). The number of benzene rings is 2. The second-order valence-electron chi connectivity index (χ2n) is 6.85. The molecule has 11 heteroatoms. The van der Waals surface area contributed by atoms with Crippen LogP contribution in [-0.4, -0.2) is 38.8 Å². The Labute approximate surface area is 181 Å². The zero-order valence-corrected chi connectivity index (χ0v) is 17.6. The Hall–Kier alpha value is -3.39. The molecule has 0 aliphatic carbocycles. The largest absolute Gasteiger partial charge is 0.461 e. The summed E-state index contributed by atoms with van der Waals surface area (Å²) in [4.78, 5) is -0.0492. The average Bonchev–Trinajstić information content (AvgIpc) is 3.03. The first kappa shape index (κ1) is 23.3. The fourth-order valence-electron chi connectivity index (χ4n) is 3.09. The lowest BCUT2D eigenvalue weighted by molar-refractivity contribution is -0.140. The molecule has 0 saturated carbocycles. The highest BCUT2D eigenvalue weighted by molar-refractivity contribution is 7.90. The molecule has 0 unspecified atom stereocenters. The van der Waals surface area contributed by atoms with E-state index in [1.54, 1.807) is 12.1 Å². The number of sulfone groups is 1. The molecule has 0 radical (unpaired) electrons. The quantitative estimate of drug-likeness (QED) is 0.324. The standard InChI is InChI=1S/C21H19F4N3O3S/c1-32(29,30)15-7-8-18(20(11-15)31-13-22)27-9-3-4-14-10-16-17(26)5-2-6-19(16)28(14)12-21(23,24)25/h2,5-8,10-11,27H,9,12-13,26H2,1H3. The molecular weight excluding hydrogens is 450 g/mol. The lowest BCUT2D eigenvalue weighted by Gasteiger charge is -2.11. The molecule has 32 heavy (non-hydrogen) atoms. The topological polar surface area (TPSA) is 86.4 Å². The monoisotopic (exact) mass is 469 g/mol. The number of hydrogen-bond acceptors (Lipinski definition) is 5. The zero-order valence-electron chi connectivity index (χ0n) is 16.8. The van der Waals surface area contributed by atoms with E-state index in [0.717, 1.165) is 10.8 Å². The minimum Gasteiger partial charge on any atom is -0.461 e. The SMILES string of the molecule is CS(=O)(=O)c1ccc(NCC#Cc2cc3c(N)cccc3n2CC(F)(F)F)c(OCF)c1. The zero-order chi connectivity index (χ0) is 23.5. The normalized spacial score (nSPS) is 11.8. The minimum atomic E-state index is -4.45. The molecule has 170 valence electrons. The Kier molecular flexibility index (Phi) is 6.55. The third-order valence-corrected chi connectivity index (χ3v) is 5.60. The molecule has 6 nitrogen and oxygen atoms in total. The summed E-state index contributed by atoms with van der Waals surface area (Å²) in [6, 6.07) is 10.1. The maximum Gasteiger partial charge on any atom is 0.406 e. The maximum absolute atomic E-state index is 13.1. The molecule has 2 aromatic carbocycles. The number of nitrogens with two attached hydrogens (primary N) is 1. The summed E-state index contributed by atoms with van der Waals surface area (Å²) in [6.45, 7) is -2.42. The molecule has 0 saturated heterocycles. The third kappa shape index (κ3) is 5.45. The summed E-state index contributed by atoms with van der Waals surface area (Å²) >= 11 is 0. The fraction of sp³-hybridized carbons (Fsp3) is 0.238. The van der Waals surface area contributed by atoms with Gasteiger partial charge in [-0.2, -0.15) is 13.2 Å². The molecule has 0 aliphatic rings. The molecule has 3 N–H and O–H groups in total. The van der Waals surface area contributed by atoms with Crippen molar-refractivity contribution in [2.45, 2.75) is 17.6 Å². The number of nitrogen functional groups attached to an aromatic ring is 1. The third-order valence-electron chi connectivity index (χ3n) is 4.49. The molecule has 0 atom stereocenters. The van der Waals surface area contributed by atoms with E-state index in [1.165, 1.54) is 30.3 Å². The highest BCUT2D eigenvalue weighted by atomic mass is 32.2. The van der Waals surface area contributed by atoms with Crippen molar-refractivity contribution >= 4 is 32.1 Å². The van der Waals surface area contributed by atoms with Crippen LogP contribution in [0, 0.1) is 11.8 Å².